The highest BCUT2D eigenvalue weighted by Crippen LogP contribution is 2.13. The van der Waals surface area contributed by atoms with Gasteiger partial charge >= 0.3 is 0 Å². The Morgan fingerprint density at radius 1 is 1.07 bits per heavy atom. The first-order valence-electron chi connectivity index (χ1n) is 9.98. The Kier molecular flexibility index (Phi) is 7.06. The van der Waals surface area contributed by atoms with Crippen LogP contribution in [0.25, 0.3) is 0 Å². The highest BCUT2D eigenvalue weighted by Gasteiger charge is 2.25. The van der Waals surface area contributed by atoms with Crippen molar-refractivity contribution in [2.75, 3.05) is 33.3 Å². The number of carbonyl (C=O) groups is 1. The first kappa shape index (κ1) is 20.4. The Hall–Kier alpha value is -2.37. The number of ether oxygens (including phenoxy) is 1. The predicted octanol–water partition coefficient (Wildman–Crippen LogP) is 2.83. The maximum absolute atomic E-state index is 12.6. The minimum atomic E-state index is -0.112. The lowest BCUT2D eigenvalue weighted by atomic mass is 10.1. The largest absolute Gasteiger partial charge is 0.497 e. The average molecular weight is 382 g/mol. The Morgan fingerprint density at radius 3 is 2.43 bits per heavy atom. The van der Waals surface area contributed by atoms with Crippen molar-refractivity contribution in [1.29, 1.82) is 0 Å². The second kappa shape index (κ2) is 9.71. The third-order valence-electron chi connectivity index (χ3n) is 5.45. The number of nitrogens with one attached hydrogen (secondary N) is 1. The summed E-state index contributed by atoms with van der Waals surface area (Å²) in [6, 6.07) is 16.4. The van der Waals surface area contributed by atoms with Gasteiger partial charge in [0.05, 0.1) is 13.2 Å². The fourth-order valence-electron chi connectivity index (χ4n) is 3.62. The molecule has 1 saturated heterocycles. The topological polar surface area (TPSA) is 44.8 Å². The van der Waals surface area contributed by atoms with Crippen molar-refractivity contribution in [3.05, 3.63) is 65.2 Å². The zero-order valence-corrected chi connectivity index (χ0v) is 17.1. The molecule has 1 aliphatic heterocycles. The van der Waals surface area contributed by atoms with Gasteiger partial charge in [0, 0.05) is 39.3 Å². The van der Waals surface area contributed by atoms with Crippen LogP contribution in [0.4, 0.5) is 0 Å². The zero-order valence-electron chi connectivity index (χ0n) is 17.1. The van der Waals surface area contributed by atoms with Crippen LogP contribution in [0.15, 0.2) is 48.5 Å². The number of nitrogens with zero attached hydrogens (tertiary/aromatic N) is 2. The van der Waals surface area contributed by atoms with Gasteiger partial charge in [0.1, 0.15) is 5.75 Å². The molecule has 1 N–H and O–H groups in total. The molecule has 28 heavy (non-hydrogen) atoms. The van der Waals surface area contributed by atoms with Crippen molar-refractivity contribution in [2.45, 2.75) is 33.0 Å². The van der Waals surface area contributed by atoms with E-state index in [-0.39, 0.29) is 11.9 Å². The molecule has 0 bridgehead atoms. The summed E-state index contributed by atoms with van der Waals surface area (Å²) in [5.74, 6) is 0.912. The van der Waals surface area contributed by atoms with Crippen LogP contribution >= 0.6 is 0 Å². The third-order valence-corrected chi connectivity index (χ3v) is 5.45. The number of benzene rings is 2. The van der Waals surface area contributed by atoms with Gasteiger partial charge in [0.2, 0.25) is 5.91 Å². The first-order chi connectivity index (χ1) is 13.5. The van der Waals surface area contributed by atoms with Crippen molar-refractivity contribution in [1.82, 2.24) is 15.1 Å². The van der Waals surface area contributed by atoms with Gasteiger partial charge in [-0.2, -0.15) is 0 Å². The number of rotatable bonds is 7. The Labute approximate surface area is 168 Å². The van der Waals surface area contributed by atoms with Crippen LogP contribution in [0, 0.1) is 6.92 Å². The summed E-state index contributed by atoms with van der Waals surface area (Å²) in [4.78, 5) is 17.3. The maximum atomic E-state index is 12.6. The van der Waals surface area contributed by atoms with Gasteiger partial charge in [-0.05, 0) is 37.1 Å². The van der Waals surface area contributed by atoms with Gasteiger partial charge in [-0.15, -0.1) is 0 Å². The highest BCUT2D eigenvalue weighted by atomic mass is 16.5. The number of hydrogen-bond donors (Lipinski definition) is 1. The van der Waals surface area contributed by atoms with Gasteiger partial charge < -0.3 is 10.1 Å². The van der Waals surface area contributed by atoms with Crippen molar-refractivity contribution in [3.63, 3.8) is 0 Å². The minimum absolute atomic E-state index is 0.0861. The molecule has 1 fully saturated rings. The number of piperazine rings is 1. The van der Waals surface area contributed by atoms with E-state index in [2.05, 4.69) is 46.3 Å². The lowest BCUT2D eigenvalue weighted by Crippen LogP contribution is -2.53. The van der Waals surface area contributed by atoms with Crippen molar-refractivity contribution < 1.29 is 9.53 Å². The standard InChI is InChI=1S/C23H31N3O2/c1-18-5-4-6-21(15-18)17-25-11-13-26(14-12-25)19(2)23(27)24-16-20-7-9-22(28-3)10-8-20/h4-10,15,19H,11-14,16-17H2,1-3H3,(H,24,27)/t19-/m0/s1. The van der Waals surface area contributed by atoms with Crippen LogP contribution in [-0.2, 0) is 17.9 Å². The molecule has 150 valence electrons. The molecule has 1 amide bonds. The first-order valence-corrected chi connectivity index (χ1v) is 9.98. The number of methoxy groups -OCH3 is 1. The Bertz CT molecular complexity index is 768. The molecule has 0 aliphatic carbocycles. The van der Waals surface area contributed by atoms with Crippen molar-refractivity contribution >= 4 is 5.91 Å². The van der Waals surface area contributed by atoms with E-state index >= 15 is 0 Å². The van der Waals surface area contributed by atoms with Gasteiger partial charge in [-0.1, -0.05) is 42.0 Å². The molecule has 1 aliphatic rings. The minimum Gasteiger partial charge on any atom is -0.497 e. The fourth-order valence-corrected chi connectivity index (χ4v) is 3.62. The molecule has 3 rings (SSSR count). The molecule has 2 aromatic carbocycles. The van der Waals surface area contributed by atoms with Crippen LogP contribution < -0.4 is 10.1 Å². The summed E-state index contributed by atoms with van der Waals surface area (Å²) in [5, 5.41) is 3.06. The SMILES string of the molecule is COc1ccc(CNC(=O)[C@H](C)N2CCN(Cc3cccc(C)c3)CC2)cc1. The molecule has 5 heteroatoms. The van der Waals surface area contributed by atoms with E-state index in [1.165, 1.54) is 11.1 Å². The van der Waals surface area contributed by atoms with E-state index in [0.717, 1.165) is 44.0 Å². The molecule has 0 saturated carbocycles. The smallest absolute Gasteiger partial charge is 0.237 e. The molecular weight excluding hydrogens is 350 g/mol. The van der Waals surface area contributed by atoms with Crippen LogP contribution in [-0.4, -0.2) is 55.0 Å². The van der Waals surface area contributed by atoms with E-state index in [4.69, 9.17) is 4.74 Å². The third kappa shape index (κ3) is 5.57. The summed E-state index contributed by atoms with van der Waals surface area (Å²) < 4.78 is 5.17. The summed E-state index contributed by atoms with van der Waals surface area (Å²) >= 11 is 0. The van der Waals surface area contributed by atoms with E-state index < -0.39 is 0 Å². The molecule has 0 aromatic heterocycles. The number of amides is 1. The second-order valence-electron chi connectivity index (χ2n) is 7.54. The van der Waals surface area contributed by atoms with Crippen molar-refractivity contribution in [3.8, 4) is 5.75 Å². The van der Waals surface area contributed by atoms with E-state index in [1.54, 1.807) is 7.11 Å². The van der Waals surface area contributed by atoms with Crippen LogP contribution in [0.3, 0.4) is 0 Å². The number of aryl methyl sites for hydroxylation is 1. The van der Waals surface area contributed by atoms with Gasteiger partial charge in [0.25, 0.3) is 0 Å². The maximum Gasteiger partial charge on any atom is 0.237 e. The molecule has 1 atom stereocenters. The molecule has 5 nitrogen and oxygen atoms in total. The molecule has 0 radical (unpaired) electrons. The van der Waals surface area contributed by atoms with Crippen LogP contribution in [0.2, 0.25) is 0 Å². The zero-order chi connectivity index (χ0) is 19.9. The summed E-state index contributed by atoms with van der Waals surface area (Å²) in [6.07, 6.45) is 0. The molecule has 2 aromatic rings. The fraction of sp³-hybridized carbons (Fsp3) is 0.435. The second-order valence-corrected chi connectivity index (χ2v) is 7.54. The summed E-state index contributed by atoms with van der Waals surface area (Å²) in [6.45, 7) is 9.47. The number of hydrogen-bond acceptors (Lipinski definition) is 4. The monoisotopic (exact) mass is 381 g/mol. The van der Waals surface area contributed by atoms with E-state index in [1.807, 2.05) is 31.2 Å². The summed E-state index contributed by atoms with van der Waals surface area (Å²) in [7, 11) is 1.65. The van der Waals surface area contributed by atoms with Gasteiger partial charge in [-0.3, -0.25) is 14.6 Å². The number of carbonyl (C=O) groups excluding carboxylic acids is 1. The van der Waals surface area contributed by atoms with Crippen LogP contribution in [0.1, 0.15) is 23.6 Å². The van der Waals surface area contributed by atoms with Crippen molar-refractivity contribution in [2.24, 2.45) is 0 Å². The predicted molar refractivity (Wildman–Crippen MR) is 112 cm³/mol. The average Bonchev–Trinajstić information content (AvgIpc) is 2.72. The van der Waals surface area contributed by atoms with Crippen LogP contribution in [0.5, 0.6) is 5.75 Å². The molecule has 0 spiro atoms. The van der Waals surface area contributed by atoms with E-state index in [0.29, 0.717) is 6.54 Å². The molecule has 1 heterocycles. The Balaban J connectivity index is 1.43. The van der Waals surface area contributed by atoms with Gasteiger partial charge in [0.15, 0.2) is 0 Å². The summed E-state index contributed by atoms with van der Waals surface area (Å²) in [5.41, 5.74) is 3.74. The molecular formula is C23H31N3O2. The lowest BCUT2D eigenvalue weighted by Gasteiger charge is -2.37. The van der Waals surface area contributed by atoms with Gasteiger partial charge in [-0.25, -0.2) is 0 Å². The lowest BCUT2D eigenvalue weighted by molar-refractivity contribution is -0.126. The quantitative estimate of drug-likeness (QED) is 0.801. The highest BCUT2D eigenvalue weighted by molar-refractivity contribution is 5.81. The normalized spacial score (nSPS) is 16.5. The molecule has 0 unspecified atom stereocenters. The van der Waals surface area contributed by atoms with E-state index in [9.17, 15) is 4.79 Å². The Morgan fingerprint density at radius 2 is 1.79 bits per heavy atom.